The number of amides is 2. The molecule has 190 valence electrons. The molecule has 1 saturated carbocycles. The number of unbranched alkanes of at least 4 members (excludes halogenated alkanes) is 1. The van der Waals surface area contributed by atoms with Gasteiger partial charge in [0.2, 0.25) is 5.91 Å². The minimum atomic E-state index is -0.510. The van der Waals surface area contributed by atoms with Gasteiger partial charge in [-0.15, -0.1) is 0 Å². The topological polar surface area (TPSA) is 53.0 Å². The van der Waals surface area contributed by atoms with E-state index in [1.54, 1.807) is 0 Å². The number of nitrogens with zero attached hydrogens (tertiary/aromatic N) is 3. The van der Waals surface area contributed by atoms with Crippen molar-refractivity contribution in [2.75, 3.05) is 6.54 Å². The lowest BCUT2D eigenvalue weighted by Gasteiger charge is -2.24. The molecule has 2 aliphatic heterocycles. The molecule has 2 heterocycles. The lowest BCUT2D eigenvalue weighted by molar-refractivity contribution is -0.135. The van der Waals surface area contributed by atoms with Gasteiger partial charge in [0.15, 0.2) is 0 Å². The molecule has 0 N–H and O–H groups in total. The number of rotatable bonds is 8. The first kappa shape index (κ1) is 24.7. The molecule has 5 heteroatoms. The first-order chi connectivity index (χ1) is 17.3. The van der Waals surface area contributed by atoms with Gasteiger partial charge in [0.25, 0.3) is 5.91 Å². The average molecular weight is 486 g/mol. The van der Waals surface area contributed by atoms with Gasteiger partial charge in [0.1, 0.15) is 11.4 Å². The number of hydrogen-bond acceptors (Lipinski definition) is 3. The predicted molar refractivity (Wildman–Crippen MR) is 144 cm³/mol. The van der Waals surface area contributed by atoms with Crippen LogP contribution in [0.4, 0.5) is 0 Å². The van der Waals surface area contributed by atoms with Crippen LogP contribution in [0.2, 0.25) is 0 Å². The van der Waals surface area contributed by atoms with Crippen molar-refractivity contribution in [3.63, 3.8) is 0 Å². The maximum Gasteiger partial charge on any atom is 0.256 e. The molecule has 2 aromatic rings. The highest BCUT2D eigenvalue weighted by Gasteiger charge is 2.49. The Kier molecular flexibility index (Phi) is 6.76. The quantitative estimate of drug-likeness (QED) is 0.437. The molecule has 5 nitrogen and oxygen atoms in total. The van der Waals surface area contributed by atoms with Crippen molar-refractivity contribution in [1.29, 1.82) is 0 Å². The van der Waals surface area contributed by atoms with Crippen LogP contribution in [0.1, 0.15) is 83.3 Å². The van der Waals surface area contributed by atoms with E-state index in [1.165, 1.54) is 0 Å². The van der Waals surface area contributed by atoms with Gasteiger partial charge in [-0.1, -0.05) is 88.6 Å². The Morgan fingerprint density at radius 2 is 1.67 bits per heavy atom. The monoisotopic (exact) mass is 485 g/mol. The van der Waals surface area contributed by atoms with Gasteiger partial charge in [-0.2, -0.15) is 0 Å². The highest BCUT2D eigenvalue weighted by atomic mass is 16.2. The Morgan fingerprint density at radius 1 is 0.917 bits per heavy atom. The maximum atomic E-state index is 13.6. The Morgan fingerprint density at radius 3 is 2.33 bits per heavy atom. The van der Waals surface area contributed by atoms with Gasteiger partial charge in [-0.3, -0.25) is 19.5 Å². The average Bonchev–Trinajstić information content (AvgIpc) is 3.53. The van der Waals surface area contributed by atoms with Crippen LogP contribution in [0.15, 0.2) is 53.5 Å². The molecule has 0 unspecified atom stereocenters. The van der Waals surface area contributed by atoms with Crippen LogP contribution in [0, 0.1) is 5.41 Å². The Balaban J connectivity index is 1.45. The zero-order valence-electron chi connectivity index (χ0n) is 22.1. The normalized spacial score (nSPS) is 20.6. The molecule has 0 aromatic heterocycles. The van der Waals surface area contributed by atoms with Gasteiger partial charge in [0.05, 0.1) is 6.54 Å². The zero-order valence-corrected chi connectivity index (χ0v) is 22.1. The van der Waals surface area contributed by atoms with E-state index >= 15 is 0 Å². The number of carbonyl (C=O) groups excluding carboxylic acids is 2. The number of aliphatic imine (C=N–C) groups is 1. The summed E-state index contributed by atoms with van der Waals surface area (Å²) < 4.78 is 0. The summed E-state index contributed by atoms with van der Waals surface area (Å²) in [6.45, 7) is 8.19. The Hall–Kier alpha value is -2.95. The molecule has 2 amide bonds. The molecule has 3 aliphatic rings. The van der Waals surface area contributed by atoms with Gasteiger partial charge < -0.3 is 4.90 Å². The first-order valence-corrected chi connectivity index (χ1v) is 13.7. The predicted octanol–water partition coefficient (Wildman–Crippen LogP) is 6.36. The fourth-order valence-electron chi connectivity index (χ4n) is 6.06. The molecule has 0 atom stereocenters. The molecule has 36 heavy (non-hydrogen) atoms. The number of carbonyl (C=O) groups is 2. The van der Waals surface area contributed by atoms with E-state index in [9.17, 15) is 9.59 Å². The van der Waals surface area contributed by atoms with Gasteiger partial charge in [-0.25, -0.2) is 0 Å². The lowest BCUT2D eigenvalue weighted by atomic mass is 9.92. The van der Waals surface area contributed by atoms with Crippen molar-refractivity contribution in [1.82, 2.24) is 9.80 Å². The van der Waals surface area contributed by atoms with Crippen LogP contribution >= 0.6 is 0 Å². The summed E-state index contributed by atoms with van der Waals surface area (Å²) in [4.78, 5) is 35.7. The van der Waals surface area contributed by atoms with Crippen molar-refractivity contribution in [2.24, 2.45) is 10.4 Å². The Bertz CT molecular complexity index is 1160. The van der Waals surface area contributed by atoms with Crippen LogP contribution in [0.3, 0.4) is 0 Å². The van der Waals surface area contributed by atoms with E-state index in [2.05, 4.69) is 49.4 Å². The molecular formula is C31H39N3O2. The maximum absolute atomic E-state index is 13.6. The van der Waals surface area contributed by atoms with Gasteiger partial charge in [-0.05, 0) is 47.9 Å². The van der Waals surface area contributed by atoms with Crippen LogP contribution in [0.25, 0.3) is 11.1 Å². The van der Waals surface area contributed by atoms with Crippen molar-refractivity contribution in [3.8, 4) is 11.1 Å². The lowest BCUT2D eigenvalue weighted by Crippen LogP contribution is -2.40. The van der Waals surface area contributed by atoms with E-state index in [1.807, 2.05) is 29.7 Å². The minimum Gasteiger partial charge on any atom is -0.338 e. The minimum absolute atomic E-state index is 0.191. The fourth-order valence-corrected chi connectivity index (χ4v) is 6.06. The third-order valence-electron chi connectivity index (χ3n) is 8.31. The summed E-state index contributed by atoms with van der Waals surface area (Å²) in [6, 6.07) is 16.9. The third-order valence-corrected chi connectivity index (χ3v) is 8.31. The first-order valence-electron chi connectivity index (χ1n) is 13.7. The fraction of sp³-hybridized carbons (Fsp3) is 0.516. The van der Waals surface area contributed by atoms with E-state index in [0.29, 0.717) is 13.1 Å². The van der Waals surface area contributed by atoms with Crippen molar-refractivity contribution in [2.45, 2.75) is 90.8 Å². The molecule has 1 saturated heterocycles. The summed E-state index contributed by atoms with van der Waals surface area (Å²) in [5.41, 5.74) is 3.73. The van der Waals surface area contributed by atoms with Crippen LogP contribution < -0.4 is 0 Å². The SMILES string of the molecule is CCCCC1=NC2(CCCC2)C(=O)N1Cc1ccc(-c2ccccc2)c(CN2CCC(C)(C)C2=O)c1. The highest BCUT2D eigenvalue weighted by Crippen LogP contribution is 2.40. The molecule has 5 rings (SSSR count). The van der Waals surface area contributed by atoms with Crippen molar-refractivity contribution >= 4 is 17.6 Å². The van der Waals surface area contributed by atoms with Gasteiger partial charge >= 0.3 is 0 Å². The van der Waals surface area contributed by atoms with Crippen molar-refractivity contribution in [3.05, 3.63) is 59.7 Å². The summed E-state index contributed by atoms with van der Waals surface area (Å²) in [5.74, 6) is 1.38. The summed E-state index contributed by atoms with van der Waals surface area (Å²) in [6.07, 6.45) is 7.80. The second-order valence-electron chi connectivity index (χ2n) is 11.5. The Labute approximate surface area is 215 Å². The molecule has 1 aliphatic carbocycles. The van der Waals surface area contributed by atoms with Crippen LogP contribution in [-0.2, 0) is 22.7 Å². The second kappa shape index (κ2) is 9.84. The molecule has 0 radical (unpaired) electrons. The molecule has 0 bridgehead atoms. The number of likely N-dealkylation sites (tertiary alicyclic amines) is 1. The van der Waals surface area contributed by atoms with E-state index in [4.69, 9.17) is 4.99 Å². The zero-order chi connectivity index (χ0) is 25.3. The largest absolute Gasteiger partial charge is 0.338 e. The van der Waals surface area contributed by atoms with Crippen molar-refractivity contribution < 1.29 is 9.59 Å². The van der Waals surface area contributed by atoms with Crippen LogP contribution in [-0.4, -0.2) is 39.5 Å². The summed E-state index contributed by atoms with van der Waals surface area (Å²) >= 11 is 0. The van der Waals surface area contributed by atoms with E-state index in [-0.39, 0.29) is 17.2 Å². The van der Waals surface area contributed by atoms with Gasteiger partial charge in [0, 0.05) is 24.9 Å². The highest BCUT2D eigenvalue weighted by molar-refractivity contribution is 6.08. The summed E-state index contributed by atoms with van der Waals surface area (Å²) in [7, 11) is 0. The number of hydrogen-bond donors (Lipinski definition) is 0. The number of benzene rings is 2. The molecule has 2 fully saturated rings. The smallest absolute Gasteiger partial charge is 0.256 e. The molecule has 2 aromatic carbocycles. The third kappa shape index (κ3) is 4.60. The van der Waals surface area contributed by atoms with Crippen LogP contribution in [0.5, 0.6) is 0 Å². The number of amidine groups is 1. The molecule has 1 spiro atoms. The second-order valence-corrected chi connectivity index (χ2v) is 11.5. The standard InChI is InChI=1S/C31H39N3O2/c1-4-5-13-27-32-31(16-9-10-17-31)29(36)34(27)21-23-14-15-26(24-11-7-6-8-12-24)25(20-23)22-33-19-18-30(2,3)28(33)35/h6-8,11-12,14-15,20H,4-5,9-10,13,16-19,21-22H2,1-3H3. The van der Waals surface area contributed by atoms with E-state index < -0.39 is 5.54 Å². The van der Waals surface area contributed by atoms with E-state index in [0.717, 1.165) is 86.0 Å². The summed E-state index contributed by atoms with van der Waals surface area (Å²) in [5, 5.41) is 0. The molecular weight excluding hydrogens is 446 g/mol.